The van der Waals surface area contributed by atoms with E-state index in [2.05, 4.69) is 30.0 Å². The second kappa shape index (κ2) is 8.44. The lowest BCUT2D eigenvalue weighted by molar-refractivity contribution is 0.0526. The molecular formula is C19H24N2O2. The second-order valence-corrected chi connectivity index (χ2v) is 5.74. The van der Waals surface area contributed by atoms with E-state index in [1.54, 1.807) is 0 Å². The number of ether oxygens (including phenoxy) is 1. The van der Waals surface area contributed by atoms with Crippen molar-refractivity contribution in [1.29, 1.82) is 0 Å². The van der Waals surface area contributed by atoms with Crippen LogP contribution in [-0.2, 0) is 4.74 Å². The van der Waals surface area contributed by atoms with Crippen LogP contribution in [0.5, 0.6) is 0 Å². The first-order valence-corrected chi connectivity index (χ1v) is 7.94. The summed E-state index contributed by atoms with van der Waals surface area (Å²) in [7, 11) is 4.14. The van der Waals surface area contributed by atoms with Crippen LogP contribution >= 0.6 is 0 Å². The molecule has 2 rings (SSSR count). The third kappa shape index (κ3) is 4.89. The van der Waals surface area contributed by atoms with Crippen molar-refractivity contribution < 1.29 is 9.53 Å². The number of hydrogen-bond acceptors (Lipinski definition) is 4. The molecule has 1 aromatic heterocycles. The summed E-state index contributed by atoms with van der Waals surface area (Å²) in [5, 5.41) is 0. The van der Waals surface area contributed by atoms with Crippen molar-refractivity contribution in [3.63, 3.8) is 0 Å². The van der Waals surface area contributed by atoms with Gasteiger partial charge in [0.05, 0.1) is 12.2 Å². The fourth-order valence-electron chi connectivity index (χ4n) is 2.52. The van der Waals surface area contributed by atoms with Crippen molar-refractivity contribution in [2.45, 2.75) is 19.3 Å². The van der Waals surface area contributed by atoms with E-state index < -0.39 is 0 Å². The topological polar surface area (TPSA) is 42.4 Å². The predicted octanol–water partition coefficient (Wildman–Crippen LogP) is 3.34. The molecule has 0 saturated carbocycles. The Morgan fingerprint density at radius 2 is 1.91 bits per heavy atom. The van der Waals surface area contributed by atoms with Crippen LogP contribution in [0.4, 0.5) is 0 Å². The van der Waals surface area contributed by atoms with E-state index in [9.17, 15) is 4.79 Å². The van der Waals surface area contributed by atoms with Crippen molar-refractivity contribution in [2.24, 2.45) is 0 Å². The van der Waals surface area contributed by atoms with Gasteiger partial charge in [-0.3, -0.25) is 4.98 Å². The largest absolute Gasteiger partial charge is 0.462 e. The summed E-state index contributed by atoms with van der Waals surface area (Å²) in [5.74, 6) is -0.0587. The van der Waals surface area contributed by atoms with Gasteiger partial charge in [-0.1, -0.05) is 18.2 Å². The summed E-state index contributed by atoms with van der Waals surface area (Å²) in [6.45, 7) is 3.17. The first-order chi connectivity index (χ1) is 11.1. The van der Waals surface area contributed by atoms with Gasteiger partial charge in [0.15, 0.2) is 0 Å². The fraction of sp³-hybridized carbons (Fsp3) is 0.368. The minimum atomic E-state index is -0.276. The predicted molar refractivity (Wildman–Crippen MR) is 91.6 cm³/mol. The number of esters is 1. The van der Waals surface area contributed by atoms with Crippen LogP contribution in [0, 0.1) is 0 Å². The van der Waals surface area contributed by atoms with Crippen molar-refractivity contribution >= 4 is 5.97 Å². The highest BCUT2D eigenvalue weighted by Crippen LogP contribution is 2.27. The molecule has 1 aromatic carbocycles. The molecule has 4 nitrogen and oxygen atoms in total. The van der Waals surface area contributed by atoms with Crippen LogP contribution < -0.4 is 0 Å². The Balaban J connectivity index is 2.23. The van der Waals surface area contributed by atoms with E-state index in [0.717, 1.165) is 18.7 Å². The molecule has 0 aliphatic carbocycles. The van der Waals surface area contributed by atoms with Crippen LogP contribution in [0.1, 0.15) is 40.9 Å². The molecule has 23 heavy (non-hydrogen) atoms. The fourth-order valence-corrected chi connectivity index (χ4v) is 2.52. The van der Waals surface area contributed by atoms with Gasteiger partial charge in [-0.05, 0) is 63.8 Å². The molecule has 0 aliphatic rings. The summed E-state index contributed by atoms with van der Waals surface area (Å²) in [4.78, 5) is 18.4. The normalized spacial score (nSPS) is 12.2. The van der Waals surface area contributed by atoms with Crippen molar-refractivity contribution in [3.05, 3.63) is 65.5 Å². The van der Waals surface area contributed by atoms with Gasteiger partial charge in [-0.25, -0.2) is 4.79 Å². The highest BCUT2D eigenvalue weighted by atomic mass is 16.5. The average Bonchev–Trinajstić information content (AvgIpc) is 2.56. The van der Waals surface area contributed by atoms with E-state index in [4.69, 9.17) is 4.74 Å². The molecule has 0 aliphatic heterocycles. The lowest BCUT2D eigenvalue weighted by atomic mass is 9.91. The Morgan fingerprint density at radius 1 is 1.17 bits per heavy atom. The SMILES string of the molecule is CCOC(=O)c1ccc(C(CCN(C)C)c2ccccn2)cc1. The Labute approximate surface area is 138 Å². The van der Waals surface area contributed by atoms with Gasteiger partial charge in [0.1, 0.15) is 0 Å². The van der Waals surface area contributed by atoms with Gasteiger partial charge in [0, 0.05) is 17.8 Å². The molecule has 0 saturated heterocycles. The molecule has 0 amide bonds. The zero-order valence-corrected chi connectivity index (χ0v) is 14.0. The zero-order chi connectivity index (χ0) is 16.7. The number of pyridine rings is 1. The summed E-state index contributed by atoms with van der Waals surface area (Å²) in [6, 6.07) is 13.7. The Hall–Kier alpha value is -2.20. The summed E-state index contributed by atoms with van der Waals surface area (Å²) in [6.07, 6.45) is 2.80. The Kier molecular flexibility index (Phi) is 6.29. The number of nitrogens with zero attached hydrogens (tertiary/aromatic N) is 2. The van der Waals surface area contributed by atoms with Gasteiger partial charge in [0.25, 0.3) is 0 Å². The maximum atomic E-state index is 11.8. The Bertz CT molecular complexity index is 609. The van der Waals surface area contributed by atoms with Crippen LogP contribution in [0.2, 0.25) is 0 Å². The molecule has 0 fully saturated rings. The lowest BCUT2D eigenvalue weighted by Gasteiger charge is -2.19. The highest BCUT2D eigenvalue weighted by molar-refractivity contribution is 5.89. The van der Waals surface area contributed by atoms with E-state index >= 15 is 0 Å². The molecule has 0 bridgehead atoms. The van der Waals surface area contributed by atoms with Crippen molar-refractivity contribution in [2.75, 3.05) is 27.2 Å². The molecule has 0 N–H and O–H groups in total. The molecule has 122 valence electrons. The quantitative estimate of drug-likeness (QED) is 0.735. The van der Waals surface area contributed by atoms with E-state index in [1.165, 1.54) is 5.56 Å². The first-order valence-electron chi connectivity index (χ1n) is 7.94. The highest BCUT2D eigenvalue weighted by Gasteiger charge is 2.16. The third-order valence-electron chi connectivity index (χ3n) is 3.73. The minimum Gasteiger partial charge on any atom is -0.462 e. The van der Waals surface area contributed by atoms with Gasteiger partial charge in [0.2, 0.25) is 0 Å². The van der Waals surface area contributed by atoms with Crippen LogP contribution in [0.15, 0.2) is 48.7 Å². The molecule has 0 radical (unpaired) electrons. The minimum absolute atomic E-state index is 0.217. The average molecular weight is 312 g/mol. The zero-order valence-electron chi connectivity index (χ0n) is 14.0. The molecule has 1 heterocycles. The van der Waals surface area contributed by atoms with Gasteiger partial charge < -0.3 is 9.64 Å². The molecule has 4 heteroatoms. The maximum absolute atomic E-state index is 11.8. The van der Waals surface area contributed by atoms with Gasteiger partial charge >= 0.3 is 5.97 Å². The molecule has 2 aromatic rings. The maximum Gasteiger partial charge on any atom is 0.338 e. The van der Waals surface area contributed by atoms with Gasteiger partial charge in [-0.2, -0.15) is 0 Å². The number of carbonyl (C=O) groups is 1. The third-order valence-corrected chi connectivity index (χ3v) is 3.73. The number of rotatable bonds is 7. The monoisotopic (exact) mass is 312 g/mol. The molecule has 1 unspecified atom stereocenters. The molecular weight excluding hydrogens is 288 g/mol. The van der Waals surface area contributed by atoms with Crippen molar-refractivity contribution in [3.8, 4) is 0 Å². The van der Waals surface area contributed by atoms with E-state index in [-0.39, 0.29) is 11.9 Å². The second-order valence-electron chi connectivity index (χ2n) is 5.74. The van der Waals surface area contributed by atoms with Crippen LogP contribution in [-0.4, -0.2) is 43.1 Å². The molecule has 0 spiro atoms. The Morgan fingerprint density at radius 3 is 2.48 bits per heavy atom. The standard InChI is InChI=1S/C19H24N2O2/c1-4-23-19(22)16-10-8-15(9-11-16)17(12-14-21(2)3)18-7-5-6-13-20-18/h5-11,13,17H,4,12,14H2,1-3H3. The van der Waals surface area contributed by atoms with Crippen LogP contribution in [0.25, 0.3) is 0 Å². The summed E-state index contributed by atoms with van der Waals surface area (Å²) < 4.78 is 5.03. The number of hydrogen-bond donors (Lipinski definition) is 0. The van der Waals surface area contributed by atoms with E-state index in [0.29, 0.717) is 12.2 Å². The number of benzene rings is 1. The van der Waals surface area contributed by atoms with Gasteiger partial charge in [-0.15, -0.1) is 0 Å². The first kappa shape index (κ1) is 17.2. The van der Waals surface area contributed by atoms with E-state index in [1.807, 2.05) is 49.5 Å². The number of aromatic nitrogens is 1. The lowest BCUT2D eigenvalue weighted by Crippen LogP contribution is -2.17. The summed E-state index contributed by atoms with van der Waals surface area (Å²) >= 11 is 0. The smallest absolute Gasteiger partial charge is 0.338 e. The van der Waals surface area contributed by atoms with Crippen LogP contribution in [0.3, 0.4) is 0 Å². The van der Waals surface area contributed by atoms with Crippen molar-refractivity contribution in [1.82, 2.24) is 9.88 Å². The molecule has 1 atom stereocenters. The summed E-state index contributed by atoms with van der Waals surface area (Å²) in [5.41, 5.74) is 2.81. The number of carbonyl (C=O) groups excluding carboxylic acids is 1.